The lowest BCUT2D eigenvalue weighted by molar-refractivity contribution is -0.0890. The molecule has 0 aliphatic rings. The highest BCUT2D eigenvalue weighted by atomic mass is 19.4. The number of ketones is 1. The number of carbonyl (C=O) groups is 1. The van der Waals surface area contributed by atoms with Gasteiger partial charge in [0.1, 0.15) is 11.6 Å². The van der Waals surface area contributed by atoms with Crippen LogP contribution in [0.1, 0.15) is 10.6 Å². The Labute approximate surface area is 138 Å². The van der Waals surface area contributed by atoms with Crippen LogP contribution in [0.2, 0.25) is 0 Å². The number of hydrogen-bond donors (Lipinski definition) is 1. The summed E-state index contributed by atoms with van der Waals surface area (Å²) in [5, 5.41) is 0. The number of rotatable bonds is 3. The zero-order valence-corrected chi connectivity index (χ0v) is 12.4. The number of aromatic nitrogens is 2. The molecule has 1 heterocycles. The molecule has 0 atom stereocenters. The van der Waals surface area contributed by atoms with Crippen LogP contribution >= 0.6 is 0 Å². The summed E-state index contributed by atoms with van der Waals surface area (Å²) >= 11 is 0. The van der Waals surface area contributed by atoms with E-state index in [1.165, 1.54) is 24.3 Å². The first-order chi connectivity index (χ1) is 11.8. The molecule has 0 saturated heterocycles. The molecule has 3 nitrogen and oxygen atoms in total. The molecular formula is C17H9F5N2O. The fraction of sp³-hybridized carbons (Fsp3) is 0.0588. The highest BCUT2D eigenvalue weighted by Crippen LogP contribution is 2.32. The SMILES string of the molecule is O=C(c1nc(-c2ccc(F)cc2)c(-c2ccc(F)cc2)[nH]1)C(F)(F)F. The molecule has 1 N–H and O–H groups in total. The van der Waals surface area contributed by atoms with E-state index in [1.54, 1.807) is 0 Å². The van der Waals surface area contributed by atoms with E-state index in [1.807, 2.05) is 0 Å². The van der Waals surface area contributed by atoms with Crippen molar-refractivity contribution in [3.63, 3.8) is 0 Å². The van der Waals surface area contributed by atoms with Crippen molar-refractivity contribution >= 4 is 5.78 Å². The quantitative estimate of drug-likeness (QED) is 0.545. The summed E-state index contributed by atoms with van der Waals surface area (Å²) in [6.07, 6.45) is -5.10. The van der Waals surface area contributed by atoms with Crippen LogP contribution in [0, 0.1) is 11.6 Å². The Hall–Kier alpha value is -3.03. The highest BCUT2D eigenvalue weighted by Gasteiger charge is 2.41. The first kappa shape index (κ1) is 16.8. The van der Waals surface area contributed by atoms with Gasteiger partial charge < -0.3 is 4.98 Å². The maximum atomic E-state index is 13.1. The van der Waals surface area contributed by atoms with Crippen LogP contribution in [0.25, 0.3) is 22.5 Å². The van der Waals surface area contributed by atoms with Crippen molar-refractivity contribution < 1.29 is 26.7 Å². The summed E-state index contributed by atoms with van der Waals surface area (Å²) in [6.45, 7) is 0. The van der Waals surface area contributed by atoms with E-state index in [0.717, 1.165) is 24.3 Å². The number of halogens is 5. The minimum Gasteiger partial charge on any atom is -0.335 e. The largest absolute Gasteiger partial charge is 0.458 e. The second-order valence-corrected chi connectivity index (χ2v) is 5.15. The number of nitrogens with zero attached hydrogens (tertiary/aromatic N) is 1. The number of alkyl halides is 3. The molecule has 0 aliphatic heterocycles. The Morgan fingerprint density at radius 1 is 0.840 bits per heavy atom. The van der Waals surface area contributed by atoms with E-state index in [-0.39, 0.29) is 11.4 Å². The van der Waals surface area contributed by atoms with Crippen molar-refractivity contribution in [1.82, 2.24) is 9.97 Å². The van der Waals surface area contributed by atoms with Crippen molar-refractivity contribution in [2.24, 2.45) is 0 Å². The van der Waals surface area contributed by atoms with E-state index in [9.17, 15) is 26.7 Å². The Morgan fingerprint density at radius 2 is 1.32 bits per heavy atom. The molecule has 128 valence electrons. The Balaban J connectivity index is 2.17. The molecule has 0 fully saturated rings. The number of aromatic amines is 1. The summed E-state index contributed by atoms with van der Waals surface area (Å²) in [5.74, 6) is -4.09. The molecule has 8 heteroatoms. The van der Waals surface area contributed by atoms with Gasteiger partial charge in [-0.25, -0.2) is 13.8 Å². The van der Waals surface area contributed by atoms with Gasteiger partial charge in [0, 0.05) is 11.1 Å². The van der Waals surface area contributed by atoms with Gasteiger partial charge in [-0.2, -0.15) is 13.2 Å². The summed E-state index contributed by atoms with van der Waals surface area (Å²) in [4.78, 5) is 17.5. The smallest absolute Gasteiger partial charge is 0.335 e. The third-order valence-corrected chi connectivity index (χ3v) is 3.43. The Kier molecular flexibility index (Phi) is 4.12. The van der Waals surface area contributed by atoms with Gasteiger partial charge in [0.2, 0.25) is 0 Å². The van der Waals surface area contributed by atoms with Gasteiger partial charge in [0.15, 0.2) is 5.82 Å². The number of H-pyrrole nitrogens is 1. The van der Waals surface area contributed by atoms with Crippen LogP contribution in [0.15, 0.2) is 48.5 Å². The molecule has 3 aromatic rings. The fourth-order valence-electron chi connectivity index (χ4n) is 2.26. The van der Waals surface area contributed by atoms with Crippen LogP contribution in [-0.4, -0.2) is 21.9 Å². The van der Waals surface area contributed by atoms with Crippen molar-refractivity contribution in [1.29, 1.82) is 0 Å². The van der Waals surface area contributed by atoms with Gasteiger partial charge in [-0.15, -0.1) is 0 Å². The van der Waals surface area contributed by atoms with Gasteiger partial charge in [0.05, 0.1) is 11.4 Å². The van der Waals surface area contributed by atoms with E-state index >= 15 is 0 Å². The number of benzene rings is 2. The van der Waals surface area contributed by atoms with Crippen LogP contribution in [0.3, 0.4) is 0 Å². The molecular weight excluding hydrogens is 343 g/mol. The summed E-state index contributed by atoms with van der Waals surface area (Å²) in [7, 11) is 0. The molecule has 0 bridgehead atoms. The molecule has 2 aromatic carbocycles. The van der Waals surface area contributed by atoms with Gasteiger partial charge in [-0.1, -0.05) is 0 Å². The molecule has 0 aliphatic carbocycles. The molecule has 0 saturated carbocycles. The maximum Gasteiger partial charge on any atom is 0.458 e. The molecule has 3 rings (SSSR count). The molecule has 25 heavy (non-hydrogen) atoms. The predicted octanol–water partition coefficient (Wildman–Crippen LogP) is 4.77. The monoisotopic (exact) mass is 352 g/mol. The minimum atomic E-state index is -5.10. The lowest BCUT2D eigenvalue weighted by atomic mass is 10.1. The number of Topliss-reactive ketones (excluding diaryl/α,β-unsaturated/α-hetero) is 1. The Morgan fingerprint density at radius 3 is 1.80 bits per heavy atom. The Bertz CT molecular complexity index is 849. The minimum absolute atomic E-state index is 0.0270. The lowest BCUT2D eigenvalue weighted by Crippen LogP contribution is -2.23. The van der Waals surface area contributed by atoms with E-state index in [0.29, 0.717) is 11.1 Å². The average Bonchev–Trinajstić information content (AvgIpc) is 2.99. The highest BCUT2D eigenvalue weighted by molar-refractivity contribution is 5.99. The molecule has 0 amide bonds. The van der Waals surface area contributed by atoms with E-state index in [2.05, 4.69) is 9.97 Å². The summed E-state index contributed by atoms with van der Waals surface area (Å²) in [5.41, 5.74) is 0.756. The predicted molar refractivity (Wildman–Crippen MR) is 79.8 cm³/mol. The van der Waals surface area contributed by atoms with Crippen LogP contribution in [-0.2, 0) is 0 Å². The molecule has 0 spiro atoms. The lowest BCUT2D eigenvalue weighted by Gasteiger charge is -2.03. The number of carbonyl (C=O) groups excluding carboxylic acids is 1. The molecule has 0 unspecified atom stereocenters. The standard InChI is InChI=1S/C17H9F5N2O/c18-11-5-1-9(2-6-11)13-14(10-3-7-12(19)8-4-10)24-16(23-13)15(25)17(20,21)22/h1-8H,(H,23,24). The topological polar surface area (TPSA) is 45.8 Å². The zero-order valence-electron chi connectivity index (χ0n) is 12.4. The van der Waals surface area contributed by atoms with Gasteiger partial charge in [-0.05, 0) is 48.5 Å². The molecule has 1 aromatic heterocycles. The first-order valence-corrected chi connectivity index (χ1v) is 6.99. The summed E-state index contributed by atoms with van der Waals surface area (Å²) < 4.78 is 64.2. The zero-order chi connectivity index (χ0) is 18.2. The van der Waals surface area contributed by atoms with Crippen LogP contribution in [0.5, 0.6) is 0 Å². The van der Waals surface area contributed by atoms with Crippen molar-refractivity contribution in [3.05, 3.63) is 66.0 Å². The number of nitrogens with one attached hydrogen (secondary N) is 1. The van der Waals surface area contributed by atoms with Crippen LogP contribution < -0.4 is 0 Å². The van der Waals surface area contributed by atoms with Gasteiger partial charge >= 0.3 is 12.0 Å². The van der Waals surface area contributed by atoms with E-state index in [4.69, 9.17) is 0 Å². The van der Waals surface area contributed by atoms with Crippen molar-refractivity contribution in [2.45, 2.75) is 6.18 Å². The second-order valence-electron chi connectivity index (χ2n) is 5.15. The third-order valence-electron chi connectivity index (χ3n) is 3.43. The van der Waals surface area contributed by atoms with Gasteiger partial charge in [0.25, 0.3) is 0 Å². The van der Waals surface area contributed by atoms with Crippen molar-refractivity contribution in [3.8, 4) is 22.5 Å². The normalized spacial score (nSPS) is 11.6. The van der Waals surface area contributed by atoms with Crippen molar-refractivity contribution in [2.75, 3.05) is 0 Å². The van der Waals surface area contributed by atoms with E-state index < -0.39 is 29.4 Å². The maximum absolute atomic E-state index is 13.1. The number of imidazole rings is 1. The fourth-order valence-corrected chi connectivity index (χ4v) is 2.26. The third kappa shape index (κ3) is 3.42. The summed E-state index contributed by atoms with van der Waals surface area (Å²) in [6, 6.07) is 9.77. The number of hydrogen-bond acceptors (Lipinski definition) is 2. The molecule has 0 radical (unpaired) electrons. The van der Waals surface area contributed by atoms with Gasteiger partial charge in [-0.3, -0.25) is 4.79 Å². The second kappa shape index (κ2) is 6.12. The average molecular weight is 352 g/mol. The van der Waals surface area contributed by atoms with Crippen LogP contribution in [0.4, 0.5) is 22.0 Å². The first-order valence-electron chi connectivity index (χ1n) is 6.99.